The fraction of sp³-hybridized carbons (Fsp3) is 0.833. The molecule has 3 N–H and O–H groups in total. The number of carbonyl (C=O) groups is 3. The van der Waals surface area contributed by atoms with Crippen LogP contribution in [0.15, 0.2) is 0 Å². The van der Waals surface area contributed by atoms with Crippen molar-refractivity contribution in [2.24, 2.45) is 11.8 Å². The summed E-state index contributed by atoms with van der Waals surface area (Å²) in [6.45, 7) is 0.420. The summed E-state index contributed by atoms with van der Waals surface area (Å²) in [6.07, 6.45) is 9.36. The number of amides is 2. The molecule has 0 aromatic carbocycles. The van der Waals surface area contributed by atoms with Crippen molar-refractivity contribution in [2.75, 3.05) is 6.54 Å². The Morgan fingerprint density at radius 1 is 0.958 bits per heavy atom. The second-order valence-corrected chi connectivity index (χ2v) is 7.26. The summed E-state index contributed by atoms with van der Waals surface area (Å²) >= 11 is 0. The van der Waals surface area contributed by atoms with Crippen LogP contribution in [0.4, 0.5) is 0 Å². The molecule has 0 atom stereocenters. The third-order valence-electron chi connectivity index (χ3n) is 5.28. The van der Waals surface area contributed by atoms with Crippen LogP contribution in [0, 0.1) is 11.8 Å². The first-order chi connectivity index (χ1) is 11.5. The quantitative estimate of drug-likeness (QED) is 0.591. The van der Waals surface area contributed by atoms with E-state index >= 15 is 0 Å². The molecule has 2 fully saturated rings. The number of hydrogen-bond acceptors (Lipinski definition) is 3. The Balaban J connectivity index is 1.59. The molecule has 2 amide bonds. The van der Waals surface area contributed by atoms with Gasteiger partial charge in [0, 0.05) is 31.3 Å². The van der Waals surface area contributed by atoms with Crippen molar-refractivity contribution >= 4 is 17.8 Å². The summed E-state index contributed by atoms with van der Waals surface area (Å²) in [5, 5.41) is 14.5. The maximum atomic E-state index is 12.1. The zero-order chi connectivity index (χ0) is 17.4. The van der Waals surface area contributed by atoms with Gasteiger partial charge >= 0.3 is 5.97 Å². The minimum atomic E-state index is -0.835. The van der Waals surface area contributed by atoms with Gasteiger partial charge in [-0.1, -0.05) is 12.8 Å². The van der Waals surface area contributed by atoms with Crippen LogP contribution in [0.25, 0.3) is 0 Å². The molecule has 2 aliphatic carbocycles. The van der Waals surface area contributed by atoms with E-state index in [0.717, 1.165) is 25.7 Å². The highest BCUT2D eigenvalue weighted by Gasteiger charge is 2.27. The van der Waals surface area contributed by atoms with E-state index in [2.05, 4.69) is 10.6 Å². The number of carboxylic acids is 1. The lowest BCUT2D eigenvalue weighted by atomic mass is 9.85. The van der Waals surface area contributed by atoms with E-state index in [1.165, 1.54) is 25.7 Å². The number of carbonyl (C=O) groups excluding carboxylic acids is 2. The Hall–Kier alpha value is -1.59. The van der Waals surface area contributed by atoms with Crippen LogP contribution in [0.3, 0.4) is 0 Å². The number of aliphatic carboxylic acids is 1. The molecule has 0 heterocycles. The highest BCUT2D eigenvalue weighted by Crippen LogP contribution is 2.28. The van der Waals surface area contributed by atoms with Crippen molar-refractivity contribution < 1.29 is 19.5 Å². The van der Waals surface area contributed by atoms with Gasteiger partial charge in [-0.2, -0.15) is 0 Å². The molecule has 0 radical (unpaired) electrons. The van der Waals surface area contributed by atoms with E-state index in [0.29, 0.717) is 25.3 Å². The molecule has 2 saturated carbocycles. The second-order valence-electron chi connectivity index (χ2n) is 7.26. The molecular formula is C18H30N2O4. The highest BCUT2D eigenvalue weighted by atomic mass is 16.4. The van der Waals surface area contributed by atoms with Crippen LogP contribution in [-0.4, -0.2) is 35.5 Å². The largest absolute Gasteiger partial charge is 0.481 e. The van der Waals surface area contributed by atoms with Crippen LogP contribution >= 0.6 is 0 Å². The minimum Gasteiger partial charge on any atom is -0.481 e. The van der Waals surface area contributed by atoms with Crippen LogP contribution in [0.5, 0.6) is 0 Å². The number of hydrogen-bond donors (Lipinski definition) is 3. The summed E-state index contributed by atoms with van der Waals surface area (Å²) < 4.78 is 0. The van der Waals surface area contributed by atoms with Crippen LogP contribution in [-0.2, 0) is 14.4 Å². The van der Waals surface area contributed by atoms with Gasteiger partial charge in [0.15, 0.2) is 0 Å². The molecule has 0 saturated heterocycles. The fourth-order valence-electron chi connectivity index (χ4n) is 3.86. The smallest absolute Gasteiger partial charge is 0.303 e. The van der Waals surface area contributed by atoms with E-state index in [-0.39, 0.29) is 30.2 Å². The molecule has 0 aliphatic heterocycles. The summed E-state index contributed by atoms with van der Waals surface area (Å²) in [5.41, 5.74) is 0. The predicted octanol–water partition coefficient (Wildman–Crippen LogP) is 2.22. The van der Waals surface area contributed by atoms with Gasteiger partial charge in [0.2, 0.25) is 11.8 Å². The van der Waals surface area contributed by atoms with Crippen molar-refractivity contribution in [3.8, 4) is 0 Å². The zero-order valence-corrected chi connectivity index (χ0v) is 14.4. The average molecular weight is 338 g/mol. The second kappa shape index (κ2) is 9.64. The third-order valence-corrected chi connectivity index (χ3v) is 5.28. The number of carboxylic acid groups (broad SMARTS) is 1. The first-order valence-electron chi connectivity index (χ1n) is 9.33. The minimum absolute atomic E-state index is 0.00203. The zero-order valence-electron chi connectivity index (χ0n) is 14.4. The van der Waals surface area contributed by atoms with E-state index in [1.807, 2.05) is 0 Å². The van der Waals surface area contributed by atoms with Gasteiger partial charge < -0.3 is 15.7 Å². The van der Waals surface area contributed by atoms with Crippen molar-refractivity contribution in [2.45, 2.75) is 76.7 Å². The van der Waals surface area contributed by atoms with Gasteiger partial charge in [-0.15, -0.1) is 0 Å². The molecule has 2 rings (SSSR count). The molecule has 0 spiro atoms. The van der Waals surface area contributed by atoms with E-state index in [9.17, 15) is 14.4 Å². The summed E-state index contributed by atoms with van der Waals surface area (Å²) in [7, 11) is 0. The Kier molecular flexibility index (Phi) is 7.53. The maximum absolute atomic E-state index is 12.1. The summed E-state index contributed by atoms with van der Waals surface area (Å²) in [4.78, 5) is 34.6. The normalized spacial score (nSPS) is 24.5. The molecule has 136 valence electrons. The monoisotopic (exact) mass is 338 g/mol. The molecule has 6 nitrogen and oxygen atoms in total. The van der Waals surface area contributed by atoms with Gasteiger partial charge in [-0.05, 0) is 50.9 Å². The first-order valence-corrected chi connectivity index (χ1v) is 9.33. The van der Waals surface area contributed by atoms with Gasteiger partial charge in [0.1, 0.15) is 0 Å². The molecule has 6 heteroatoms. The Morgan fingerprint density at radius 3 is 2.25 bits per heavy atom. The summed E-state index contributed by atoms with van der Waals surface area (Å²) in [5.74, 6) is -0.0755. The van der Waals surface area contributed by atoms with Gasteiger partial charge in [0.25, 0.3) is 0 Å². The fourth-order valence-corrected chi connectivity index (χ4v) is 3.86. The van der Waals surface area contributed by atoms with Crippen LogP contribution < -0.4 is 10.6 Å². The Morgan fingerprint density at radius 2 is 1.62 bits per heavy atom. The van der Waals surface area contributed by atoms with Gasteiger partial charge in [0.05, 0.1) is 0 Å². The van der Waals surface area contributed by atoms with Crippen LogP contribution in [0.1, 0.15) is 70.6 Å². The van der Waals surface area contributed by atoms with Crippen LogP contribution in [0.2, 0.25) is 0 Å². The molecular weight excluding hydrogens is 308 g/mol. The average Bonchev–Trinajstić information content (AvgIpc) is 3.04. The van der Waals surface area contributed by atoms with Crippen molar-refractivity contribution in [1.82, 2.24) is 10.6 Å². The Bertz CT molecular complexity index is 438. The molecule has 24 heavy (non-hydrogen) atoms. The molecule has 2 aliphatic rings. The van der Waals surface area contributed by atoms with Crippen molar-refractivity contribution in [3.05, 3.63) is 0 Å². The predicted molar refractivity (Wildman–Crippen MR) is 90.3 cm³/mol. The summed E-state index contributed by atoms with van der Waals surface area (Å²) in [6, 6.07) is 0.204. The number of rotatable bonds is 8. The lowest BCUT2D eigenvalue weighted by Crippen LogP contribution is -2.41. The molecule has 0 aromatic rings. The highest BCUT2D eigenvalue weighted by molar-refractivity contribution is 5.79. The van der Waals surface area contributed by atoms with E-state index < -0.39 is 5.97 Å². The first kappa shape index (κ1) is 18.7. The number of nitrogens with one attached hydrogen (secondary N) is 2. The van der Waals surface area contributed by atoms with Gasteiger partial charge in [-0.3, -0.25) is 14.4 Å². The van der Waals surface area contributed by atoms with Gasteiger partial charge in [-0.25, -0.2) is 0 Å². The molecule has 0 aromatic heterocycles. The van der Waals surface area contributed by atoms with E-state index in [4.69, 9.17) is 5.11 Å². The topological polar surface area (TPSA) is 95.5 Å². The SMILES string of the molecule is O=C(O)CCCNC(=O)C1CCC(NC(=O)CC2CCCC2)CC1. The van der Waals surface area contributed by atoms with Crippen molar-refractivity contribution in [3.63, 3.8) is 0 Å². The lowest BCUT2D eigenvalue weighted by molar-refractivity contribution is -0.137. The van der Waals surface area contributed by atoms with Crippen molar-refractivity contribution in [1.29, 1.82) is 0 Å². The Labute approximate surface area is 143 Å². The lowest BCUT2D eigenvalue weighted by Gasteiger charge is -2.28. The standard InChI is InChI=1S/C18H30N2O4/c21-16(12-13-4-1-2-5-13)20-15-9-7-14(8-10-15)18(24)19-11-3-6-17(22)23/h13-15H,1-12H2,(H,19,24)(H,20,21)(H,22,23). The third kappa shape index (κ3) is 6.49. The maximum Gasteiger partial charge on any atom is 0.303 e. The molecule has 0 unspecified atom stereocenters. The molecule has 0 bridgehead atoms. The van der Waals surface area contributed by atoms with E-state index in [1.54, 1.807) is 0 Å².